The SMILES string of the molecule is NCCN(CCO)C(N)C(O)CN. The summed E-state index contributed by atoms with van der Waals surface area (Å²) in [5, 5.41) is 18.1. The first-order valence-corrected chi connectivity index (χ1v) is 4.36. The smallest absolute Gasteiger partial charge is 0.0946 e. The van der Waals surface area contributed by atoms with E-state index < -0.39 is 12.3 Å². The van der Waals surface area contributed by atoms with Crippen molar-refractivity contribution in [3.8, 4) is 0 Å². The van der Waals surface area contributed by atoms with E-state index in [-0.39, 0.29) is 13.2 Å². The zero-order chi connectivity index (χ0) is 10.3. The molecule has 2 atom stereocenters. The van der Waals surface area contributed by atoms with Crippen molar-refractivity contribution >= 4 is 0 Å². The number of aliphatic hydroxyl groups excluding tert-OH is 2. The van der Waals surface area contributed by atoms with Gasteiger partial charge in [0.05, 0.1) is 18.9 Å². The molecule has 2 unspecified atom stereocenters. The molecule has 0 aromatic carbocycles. The Hall–Kier alpha value is -0.240. The standard InChI is InChI=1S/C7H20N4O2/c8-1-2-11(3-4-12)7(10)6(13)5-9/h6-7,12-13H,1-5,8-10H2. The van der Waals surface area contributed by atoms with E-state index in [1.165, 1.54) is 0 Å². The van der Waals surface area contributed by atoms with Crippen LogP contribution in [0.5, 0.6) is 0 Å². The summed E-state index contributed by atoms with van der Waals surface area (Å²) in [6, 6.07) is 0. The monoisotopic (exact) mass is 192 g/mol. The molecular formula is C7H20N4O2. The summed E-state index contributed by atoms with van der Waals surface area (Å²) in [7, 11) is 0. The molecule has 0 saturated carbocycles. The van der Waals surface area contributed by atoms with Crippen molar-refractivity contribution in [2.24, 2.45) is 17.2 Å². The molecule has 0 rings (SSSR count). The number of hydrogen-bond acceptors (Lipinski definition) is 6. The Balaban J connectivity index is 4.00. The molecule has 0 aromatic rings. The van der Waals surface area contributed by atoms with Gasteiger partial charge in [0.1, 0.15) is 0 Å². The maximum Gasteiger partial charge on any atom is 0.0946 e. The normalized spacial score (nSPS) is 16.2. The minimum atomic E-state index is -0.780. The lowest BCUT2D eigenvalue weighted by molar-refractivity contribution is 0.0491. The molecule has 6 heteroatoms. The van der Waals surface area contributed by atoms with E-state index >= 15 is 0 Å². The van der Waals surface area contributed by atoms with Crippen molar-refractivity contribution in [1.82, 2.24) is 4.90 Å². The third-order valence-corrected chi connectivity index (χ3v) is 1.86. The van der Waals surface area contributed by atoms with E-state index in [9.17, 15) is 5.11 Å². The van der Waals surface area contributed by atoms with Crippen molar-refractivity contribution in [3.05, 3.63) is 0 Å². The van der Waals surface area contributed by atoms with Gasteiger partial charge in [-0.3, -0.25) is 4.90 Å². The summed E-state index contributed by atoms with van der Waals surface area (Å²) in [6.45, 7) is 1.47. The molecule has 0 aromatic heterocycles. The fourth-order valence-electron chi connectivity index (χ4n) is 1.09. The Morgan fingerprint density at radius 2 is 1.85 bits per heavy atom. The van der Waals surface area contributed by atoms with Crippen LogP contribution in [-0.4, -0.2) is 60.2 Å². The highest BCUT2D eigenvalue weighted by atomic mass is 16.3. The van der Waals surface area contributed by atoms with E-state index in [4.69, 9.17) is 22.3 Å². The highest BCUT2D eigenvalue weighted by Gasteiger charge is 2.19. The fraction of sp³-hybridized carbons (Fsp3) is 1.00. The molecule has 80 valence electrons. The van der Waals surface area contributed by atoms with Crippen molar-refractivity contribution in [3.63, 3.8) is 0 Å². The van der Waals surface area contributed by atoms with Gasteiger partial charge in [0.25, 0.3) is 0 Å². The minimum absolute atomic E-state index is 0.00894. The van der Waals surface area contributed by atoms with Crippen LogP contribution >= 0.6 is 0 Å². The van der Waals surface area contributed by atoms with Crippen LogP contribution in [0.25, 0.3) is 0 Å². The number of nitrogens with two attached hydrogens (primary N) is 3. The Kier molecular flexibility index (Phi) is 7.06. The van der Waals surface area contributed by atoms with Crippen molar-refractivity contribution in [2.75, 3.05) is 32.8 Å². The van der Waals surface area contributed by atoms with Crippen LogP contribution < -0.4 is 17.2 Å². The summed E-state index contributed by atoms with van der Waals surface area (Å²) in [4.78, 5) is 1.71. The number of rotatable bonds is 7. The van der Waals surface area contributed by atoms with E-state index in [0.717, 1.165) is 0 Å². The lowest BCUT2D eigenvalue weighted by atomic mass is 10.2. The van der Waals surface area contributed by atoms with Gasteiger partial charge in [0.15, 0.2) is 0 Å². The zero-order valence-electron chi connectivity index (χ0n) is 7.76. The van der Waals surface area contributed by atoms with Crippen LogP contribution in [0.2, 0.25) is 0 Å². The number of hydrogen-bond donors (Lipinski definition) is 5. The Morgan fingerprint density at radius 3 is 2.23 bits per heavy atom. The van der Waals surface area contributed by atoms with Gasteiger partial charge in [0, 0.05) is 26.2 Å². The number of aliphatic hydroxyl groups is 2. The highest BCUT2D eigenvalue weighted by Crippen LogP contribution is 1.97. The summed E-state index contributed by atoms with van der Waals surface area (Å²) in [5.41, 5.74) is 16.3. The van der Waals surface area contributed by atoms with E-state index in [1.54, 1.807) is 4.90 Å². The molecule has 13 heavy (non-hydrogen) atoms. The van der Waals surface area contributed by atoms with Gasteiger partial charge < -0.3 is 27.4 Å². The molecule has 0 radical (unpaired) electrons. The quantitative estimate of drug-likeness (QED) is 0.271. The average molecular weight is 192 g/mol. The van der Waals surface area contributed by atoms with E-state index in [2.05, 4.69) is 0 Å². The lowest BCUT2D eigenvalue weighted by Crippen LogP contribution is -2.54. The molecule has 0 fully saturated rings. The van der Waals surface area contributed by atoms with E-state index in [1.807, 2.05) is 0 Å². The minimum Gasteiger partial charge on any atom is -0.395 e. The molecule has 0 bridgehead atoms. The second kappa shape index (κ2) is 7.19. The molecule has 0 spiro atoms. The zero-order valence-corrected chi connectivity index (χ0v) is 7.76. The largest absolute Gasteiger partial charge is 0.395 e. The first-order chi connectivity index (χ1) is 6.17. The van der Waals surface area contributed by atoms with Gasteiger partial charge in [-0.1, -0.05) is 0 Å². The second-order valence-electron chi connectivity index (χ2n) is 2.84. The average Bonchev–Trinajstić information content (AvgIpc) is 2.15. The van der Waals surface area contributed by atoms with Gasteiger partial charge >= 0.3 is 0 Å². The van der Waals surface area contributed by atoms with Crippen molar-refractivity contribution in [1.29, 1.82) is 0 Å². The van der Waals surface area contributed by atoms with Gasteiger partial charge in [-0.2, -0.15) is 0 Å². The summed E-state index contributed by atoms with van der Waals surface area (Å²) >= 11 is 0. The van der Waals surface area contributed by atoms with Crippen LogP contribution in [0.15, 0.2) is 0 Å². The predicted molar refractivity (Wildman–Crippen MR) is 50.7 cm³/mol. The molecule has 8 N–H and O–H groups in total. The Morgan fingerprint density at radius 1 is 1.23 bits per heavy atom. The molecular weight excluding hydrogens is 172 g/mol. The first kappa shape index (κ1) is 12.8. The van der Waals surface area contributed by atoms with Crippen molar-refractivity contribution < 1.29 is 10.2 Å². The van der Waals surface area contributed by atoms with Crippen LogP contribution in [0, 0.1) is 0 Å². The molecule has 0 aliphatic carbocycles. The summed E-state index contributed by atoms with van der Waals surface area (Å²) in [6.07, 6.45) is -1.33. The molecule has 0 amide bonds. The van der Waals surface area contributed by atoms with Crippen LogP contribution in [0.4, 0.5) is 0 Å². The summed E-state index contributed by atoms with van der Waals surface area (Å²) in [5.74, 6) is 0. The maximum absolute atomic E-state index is 9.34. The third-order valence-electron chi connectivity index (χ3n) is 1.86. The van der Waals surface area contributed by atoms with Gasteiger partial charge in [-0.25, -0.2) is 0 Å². The van der Waals surface area contributed by atoms with Crippen LogP contribution in [-0.2, 0) is 0 Å². The van der Waals surface area contributed by atoms with Crippen LogP contribution in [0.3, 0.4) is 0 Å². The highest BCUT2D eigenvalue weighted by molar-refractivity contribution is 4.74. The Bertz CT molecular complexity index is 119. The predicted octanol–water partition coefficient (Wildman–Crippen LogP) is -3.16. The van der Waals surface area contributed by atoms with Gasteiger partial charge in [0.2, 0.25) is 0 Å². The fourth-order valence-corrected chi connectivity index (χ4v) is 1.09. The number of nitrogens with zero attached hydrogens (tertiary/aromatic N) is 1. The van der Waals surface area contributed by atoms with Gasteiger partial charge in [-0.05, 0) is 0 Å². The lowest BCUT2D eigenvalue weighted by Gasteiger charge is -2.30. The first-order valence-electron chi connectivity index (χ1n) is 4.36. The molecule has 0 aliphatic rings. The topological polar surface area (TPSA) is 122 Å². The molecule has 6 nitrogen and oxygen atoms in total. The van der Waals surface area contributed by atoms with Crippen molar-refractivity contribution in [2.45, 2.75) is 12.3 Å². The second-order valence-corrected chi connectivity index (χ2v) is 2.84. The third kappa shape index (κ3) is 4.51. The van der Waals surface area contributed by atoms with Gasteiger partial charge in [-0.15, -0.1) is 0 Å². The van der Waals surface area contributed by atoms with E-state index in [0.29, 0.717) is 19.6 Å². The maximum atomic E-state index is 9.34. The van der Waals surface area contributed by atoms with Crippen LogP contribution in [0.1, 0.15) is 0 Å². The molecule has 0 aliphatic heterocycles. The Labute approximate surface area is 78.3 Å². The molecule has 0 heterocycles. The molecule has 0 saturated heterocycles. The summed E-state index contributed by atoms with van der Waals surface area (Å²) < 4.78 is 0.